The smallest absolute Gasteiger partial charge is 0.278 e. The number of rotatable bonds is 5. The van der Waals surface area contributed by atoms with Gasteiger partial charge in [-0.15, -0.1) is 5.10 Å². The second kappa shape index (κ2) is 7.25. The van der Waals surface area contributed by atoms with Crippen molar-refractivity contribution in [2.24, 2.45) is 0 Å². The summed E-state index contributed by atoms with van der Waals surface area (Å²) >= 11 is 0. The van der Waals surface area contributed by atoms with Crippen LogP contribution in [0.25, 0.3) is 10.9 Å². The molecule has 1 amide bonds. The third kappa shape index (κ3) is 3.74. The summed E-state index contributed by atoms with van der Waals surface area (Å²) in [4.78, 5) is 24.8. The molecule has 0 saturated heterocycles. The molecule has 0 aliphatic rings. The van der Waals surface area contributed by atoms with Crippen molar-refractivity contribution in [2.75, 3.05) is 0 Å². The van der Waals surface area contributed by atoms with Crippen LogP contribution in [-0.4, -0.2) is 20.9 Å². The molecule has 2 aromatic carbocycles. The van der Waals surface area contributed by atoms with Gasteiger partial charge in [-0.25, -0.2) is 4.68 Å². The van der Waals surface area contributed by atoms with Crippen LogP contribution < -0.4 is 10.9 Å². The molecule has 0 spiro atoms. The maximum absolute atomic E-state index is 12.4. The van der Waals surface area contributed by atoms with Crippen LogP contribution in [0, 0.1) is 6.92 Å². The highest BCUT2D eigenvalue weighted by Crippen LogP contribution is 2.17. The fourth-order valence-corrected chi connectivity index (χ4v) is 2.72. The van der Waals surface area contributed by atoms with Gasteiger partial charge in [0, 0.05) is 0 Å². The van der Waals surface area contributed by atoms with Crippen LogP contribution in [0.2, 0.25) is 0 Å². The Morgan fingerprint density at radius 3 is 2.60 bits per heavy atom. The van der Waals surface area contributed by atoms with E-state index in [9.17, 15) is 9.59 Å². The first-order valence-electron chi connectivity index (χ1n) is 8.27. The summed E-state index contributed by atoms with van der Waals surface area (Å²) in [5.74, 6) is -0.265. The molecule has 0 aliphatic heterocycles. The molecule has 1 aromatic heterocycles. The lowest BCUT2D eigenvalue weighted by Crippen LogP contribution is -2.36. The average molecular weight is 336 g/mol. The van der Waals surface area contributed by atoms with Crippen LogP contribution in [-0.2, 0) is 11.3 Å². The van der Waals surface area contributed by atoms with Gasteiger partial charge in [-0.05, 0) is 31.0 Å². The average Bonchev–Trinajstić information content (AvgIpc) is 2.63. The first-order chi connectivity index (χ1) is 12.1. The van der Waals surface area contributed by atoms with Gasteiger partial charge in [-0.3, -0.25) is 9.59 Å². The Bertz CT molecular complexity index is 948. The van der Waals surface area contributed by atoms with Gasteiger partial charge in [0.2, 0.25) is 5.91 Å². The third-order valence-electron chi connectivity index (χ3n) is 4.15. The van der Waals surface area contributed by atoms with Crippen molar-refractivity contribution in [2.45, 2.75) is 32.9 Å². The number of nitrogens with zero attached hydrogens (tertiary/aromatic N) is 3. The Kier molecular flexibility index (Phi) is 4.88. The topological polar surface area (TPSA) is 76.9 Å². The summed E-state index contributed by atoms with van der Waals surface area (Å²) < 4.78 is 1.10. The molecule has 0 bridgehead atoms. The van der Waals surface area contributed by atoms with Gasteiger partial charge in [0.15, 0.2) is 0 Å². The SMILES string of the molecule is CCC(NC(=O)Cn1nnc2ccccc2c1=O)c1ccc(C)cc1. The Hall–Kier alpha value is -3.02. The number of hydrogen-bond acceptors (Lipinski definition) is 4. The molecule has 6 heteroatoms. The van der Waals surface area contributed by atoms with Crippen LogP contribution in [0.3, 0.4) is 0 Å². The normalized spacial score (nSPS) is 12.1. The molecule has 25 heavy (non-hydrogen) atoms. The van der Waals surface area contributed by atoms with Gasteiger partial charge in [0.25, 0.3) is 5.56 Å². The summed E-state index contributed by atoms with van der Waals surface area (Å²) in [7, 11) is 0. The number of benzene rings is 2. The van der Waals surface area contributed by atoms with E-state index in [-0.39, 0.29) is 24.1 Å². The molecule has 0 aliphatic carbocycles. The maximum Gasteiger partial charge on any atom is 0.278 e. The summed E-state index contributed by atoms with van der Waals surface area (Å²) in [5, 5.41) is 11.3. The lowest BCUT2D eigenvalue weighted by Gasteiger charge is -2.17. The highest BCUT2D eigenvalue weighted by atomic mass is 16.2. The highest BCUT2D eigenvalue weighted by molar-refractivity contribution is 5.78. The zero-order valence-electron chi connectivity index (χ0n) is 14.3. The molecule has 0 fully saturated rings. The highest BCUT2D eigenvalue weighted by Gasteiger charge is 2.15. The Labute approximate surface area is 145 Å². The van der Waals surface area contributed by atoms with Crippen LogP contribution in [0.15, 0.2) is 53.3 Å². The van der Waals surface area contributed by atoms with E-state index in [0.717, 1.165) is 16.7 Å². The van der Waals surface area contributed by atoms with Crippen molar-refractivity contribution >= 4 is 16.8 Å². The summed E-state index contributed by atoms with van der Waals surface area (Å²) in [6.45, 7) is 3.87. The number of amides is 1. The van der Waals surface area contributed by atoms with E-state index >= 15 is 0 Å². The fourth-order valence-electron chi connectivity index (χ4n) is 2.72. The number of aromatic nitrogens is 3. The van der Waals surface area contributed by atoms with E-state index in [1.165, 1.54) is 5.56 Å². The minimum absolute atomic E-state index is 0.0998. The van der Waals surface area contributed by atoms with Gasteiger partial charge in [0.1, 0.15) is 12.1 Å². The third-order valence-corrected chi connectivity index (χ3v) is 4.15. The number of fused-ring (bicyclic) bond motifs is 1. The Balaban J connectivity index is 1.76. The van der Waals surface area contributed by atoms with Gasteiger partial charge < -0.3 is 5.32 Å². The van der Waals surface area contributed by atoms with Gasteiger partial charge >= 0.3 is 0 Å². The van der Waals surface area contributed by atoms with Crippen molar-refractivity contribution < 1.29 is 4.79 Å². The first-order valence-corrected chi connectivity index (χ1v) is 8.27. The number of carbonyl (C=O) groups excluding carboxylic acids is 1. The molecule has 0 saturated carbocycles. The molecular weight excluding hydrogens is 316 g/mol. The molecular formula is C19H20N4O2. The minimum Gasteiger partial charge on any atom is -0.348 e. The summed E-state index contributed by atoms with van der Waals surface area (Å²) in [5.41, 5.74) is 2.42. The molecule has 3 rings (SSSR count). The van der Waals surface area contributed by atoms with Crippen molar-refractivity contribution in [1.82, 2.24) is 20.3 Å². The van der Waals surface area contributed by atoms with Crippen molar-refractivity contribution in [3.63, 3.8) is 0 Å². The zero-order valence-corrected chi connectivity index (χ0v) is 14.3. The maximum atomic E-state index is 12.4. The number of aryl methyl sites for hydroxylation is 1. The zero-order chi connectivity index (χ0) is 17.8. The van der Waals surface area contributed by atoms with E-state index in [0.29, 0.717) is 10.9 Å². The van der Waals surface area contributed by atoms with Crippen molar-refractivity contribution in [3.05, 3.63) is 70.0 Å². The van der Waals surface area contributed by atoms with Crippen LogP contribution in [0.5, 0.6) is 0 Å². The minimum atomic E-state index is -0.316. The first kappa shape index (κ1) is 16.8. The summed E-state index contributed by atoms with van der Waals surface area (Å²) in [6.07, 6.45) is 0.757. The molecule has 6 nitrogen and oxygen atoms in total. The Morgan fingerprint density at radius 2 is 1.88 bits per heavy atom. The lowest BCUT2D eigenvalue weighted by molar-refractivity contribution is -0.122. The predicted octanol–water partition coefficient (Wildman–Crippen LogP) is 2.37. The monoisotopic (exact) mass is 336 g/mol. The quantitative estimate of drug-likeness (QED) is 0.776. The molecule has 1 N–H and O–H groups in total. The number of hydrogen-bond donors (Lipinski definition) is 1. The largest absolute Gasteiger partial charge is 0.348 e. The number of nitrogens with one attached hydrogen (secondary N) is 1. The second-order valence-corrected chi connectivity index (χ2v) is 6.01. The van der Waals surface area contributed by atoms with E-state index < -0.39 is 0 Å². The predicted molar refractivity (Wildman–Crippen MR) is 96.2 cm³/mol. The number of carbonyl (C=O) groups is 1. The van der Waals surface area contributed by atoms with Gasteiger partial charge in [-0.2, -0.15) is 0 Å². The molecule has 1 atom stereocenters. The van der Waals surface area contributed by atoms with E-state index in [1.807, 2.05) is 38.1 Å². The molecule has 1 unspecified atom stereocenters. The molecule has 1 heterocycles. The molecule has 0 radical (unpaired) electrons. The fraction of sp³-hybridized carbons (Fsp3) is 0.263. The van der Waals surface area contributed by atoms with Crippen LogP contribution in [0.1, 0.15) is 30.5 Å². The van der Waals surface area contributed by atoms with Crippen molar-refractivity contribution in [1.29, 1.82) is 0 Å². The summed E-state index contributed by atoms with van der Waals surface area (Å²) in [6, 6.07) is 14.9. The van der Waals surface area contributed by atoms with E-state index in [1.54, 1.807) is 24.3 Å². The molecule has 3 aromatic rings. The molecule has 128 valence electrons. The van der Waals surface area contributed by atoms with Gasteiger partial charge in [-0.1, -0.05) is 54.1 Å². The lowest BCUT2D eigenvalue weighted by atomic mass is 10.0. The second-order valence-electron chi connectivity index (χ2n) is 6.01. The van der Waals surface area contributed by atoms with Crippen LogP contribution >= 0.6 is 0 Å². The van der Waals surface area contributed by atoms with Crippen molar-refractivity contribution in [3.8, 4) is 0 Å². The van der Waals surface area contributed by atoms with E-state index in [4.69, 9.17) is 0 Å². The van der Waals surface area contributed by atoms with Gasteiger partial charge in [0.05, 0.1) is 11.4 Å². The van der Waals surface area contributed by atoms with E-state index in [2.05, 4.69) is 15.6 Å². The standard InChI is InChI=1S/C19H20N4O2/c1-3-16(14-10-8-13(2)9-11-14)20-18(24)12-23-19(25)15-6-4-5-7-17(15)21-22-23/h4-11,16H,3,12H2,1-2H3,(H,20,24). The van der Waals surface area contributed by atoms with Crippen LogP contribution in [0.4, 0.5) is 0 Å². The Morgan fingerprint density at radius 1 is 1.16 bits per heavy atom.